The minimum Gasteiger partial charge on any atom is -0.344 e. The third-order valence-electron chi connectivity index (χ3n) is 0.167. The number of rotatable bonds is 1. The molecule has 2 heteroatoms. The number of aldehydes is 1. The van der Waals surface area contributed by atoms with E-state index in [1.807, 2.05) is 6.92 Å². The molecule has 0 heterocycles. The van der Waals surface area contributed by atoms with Crippen molar-refractivity contribution in [3.63, 3.8) is 0 Å². The van der Waals surface area contributed by atoms with Crippen molar-refractivity contribution in [2.75, 3.05) is 0 Å². The molecule has 0 spiro atoms. The zero-order chi connectivity index (χ0) is 3.41. The lowest BCUT2D eigenvalue weighted by molar-refractivity contribution is -0.107. The Hall–Kier alpha value is -0.370. The maximum atomic E-state index is 9.17. The molecule has 0 aliphatic carbocycles. The summed E-state index contributed by atoms with van der Waals surface area (Å²) in [6, 6.07) is 0. The van der Waals surface area contributed by atoms with Crippen molar-refractivity contribution in [1.29, 1.82) is 0 Å². The third kappa shape index (κ3) is 24.3. The maximum absolute atomic E-state index is 9.17. The second-order valence-electron chi connectivity index (χ2n) is 0.575. The molecule has 0 aliphatic heterocycles. The van der Waals surface area contributed by atoms with Crippen molar-refractivity contribution < 1.29 is 4.79 Å². The van der Waals surface area contributed by atoms with E-state index in [0.29, 0.717) is 6.42 Å². The zero-order valence-corrected chi connectivity index (χ0v) is 3.40. The second kappa shape index (κ2) is 9.45. The van der Waals surface area contributed by atoms with Crippen LogP contribution in [0.1, 0.15) is 13.3 Å². The quantitative estimate of drug-likeness (QED) is 0.468. The van der Waals surface area contributed by atoms with E-state index in [9.17, 15) is 4.79 Å². The van der Waals surface area contributed by atoms with Gasteiger partial charge >= 0.3 is 0 Å². The van der Waals surface area contributed by atoms with E-state index < -0.39 is 0 Å². The molecule has 0 unspecified atom stereocenters. The Labute approximate surface area is 31.8 Å². The van der Waals surface area contributed by atoms with Crippen LogP contribution in [-0.4, -0.2) is 6.29 Å². The van der Waals surface area contributed by atoms with Crippen molar-refractivity contribution >= 4 is 6.29 Å². The molecule has 5 heavy (non-hydrogen) atoms. The predicted octanol–water partition coefficient (Wildman–Crippen LogP) is 0.757. The summed E-state index contributed by atoms with van der Waals surface area (Å²) in [6.45, 7) is 1.81. The Morgan fingerprint density at radius 3 is 2.00 bits per heavy atom. The van der Waals surface area contributed by atoms with Gasteiger partial charge in [-0.15, -0.1) is 0 Å². The monoisotopic (exact) mass is 75.1 g/mol. The molecule has 0 fully saturated rings. The maximum Gasteiger partial charge on any atom is 0.119 e. The lowest BCUT2D eigenvalue weighted by atomic mass is 10.6. The lowest BCUT2D eigenvalue weighted by Gasteiger charge is -1.51. The molecule has 0 amide bonds. The molecular formula is C3H9NO. The van der Waals surface area contributed by atoms with Gasteiger partial charge < -0.3 is 10.9 Å². The van der Waals surface area contributed by atoms with Crippen LogP contribution in [0.25, 0.3) is 0 Å². The van der Waals surface area contributed by atoms with E-state index in [-0.39, 0.29) is 6.15 Å². The van der Waals surface area contributed by atoms with Crippen LogP contribution in [0.3, 0.4) is 0 Å². The summed E-state index contributed by atoms with van der Waals surface area (Å²) in [4.78, 5) is 9.17. The van der Waals surface area contributed by atoms with E-state index in [1.165, 1.54) is 0 Å². The number of hydrogen-bond donors (Lipinski definition) is 1. The fourth-order valence-electron chi connectivity index (χ4n) is 0. The summed E-state index contributed by atoms with van der Waals surface area (Å²) in [7, 11) is 0. The predicted molar refractivity (Wildman–Crippen MR) is 21.4 cm³/mol. The third-order valence-corrected chi connectivity index (χ3v) is 0.167. The Bertz CT molecular complexity index is 20.9. The van der Waals surface area contributed by atoms with Crippen LogP contribution < -0.4 is 6.15 Å². The number of hydrogen-bond acceptors (Lipinski definition) is 2. The summed E-state index contributed by atoms with van der Waals surface area (Å²) in [5, 5.41) is 0. The average molecular weight is 75.1 g/mol. The minimum absolute atomic E-state index is 0. The molecule has 0 saturated carbocycles. The largest absolute Gasteiger partial charge is 0.344 e. The normalized spacial score (nSPS) is 5.00. The highest BCUT2D eigenvalue weighted by Crippen LogP contribution is 1.53. The Kier molecular flexibility index (Phi) is 16.7. The number of carbonyl (C=O) groups excluding carboxylic acids is 1. The van der Waals surface area contributed by atoms with Gasteiger partial charge in [0, 0.05) is 6.42 Å². The van der Waals surface area contributed by atoms with Crippen LogP contribution in [0.15, 0.2) is 0 Å². The van der Waals surface area contributed by atoms with Gasteiger partial charge in [0.2, 0.25) is 0 Å². The van der Waals surface area contributed by atoms with Gasteiger partial charge in [-0.1, -0.05) is 6.92 Å². The number of carbonyl (C=O) groups is 1. The molecule has 0 rings (SSSR count). The Balaban J connectivity index is 0. The van der Waals surface area contributed by atoms with Gasteiger partial charge in [0.25, 0.3) is 0 Å². The van der Waals surface area contributed by atoms with Gasteiger partial charge in [-0.2, -0.15) is 0 Å². The van der Waals surface area contributed by atoms with Gasteiger partial charge in [0.15, 0.2) is 0 Å². The zero-order valence-electron chi connectivity index (χ0n) is 3.40. The first kappa shape index (κ1) is 8.82. The highest BCUT2D eigenvalue weighted by Gasteiger charge is 1.52. The smallest absolute Gasteiger partial charge is 0.119 e. The van der Waals surface area contributed by atoms with Crippen LogP contribution in [0.2, 0.25) is 0 Å². The highest BCUT2D eigenvalue weighted by atomic mass is 16.1. The van der Waals surface area contributed by atoms with Crippen molar-refractivity contribution in [3.8, 4) is 0 Å². The van der Waals surface area contributed by atoms with Gasteiger partial charge in [0.05, 0.1) is 0 Å². The first-order valence-electron chi connectivity index (χ1n) is 1.35. The summed E-state index contributed by atoms with van der Waals surface area (Å²) < 4.78 is 0. The van der Waals surface area contributed by atoms with Crippen molar-refractivity contribution in [2.24, 2.45) is 0 Å². The van der Waals surface area contributed by atoms with E-state index >= 15 is 0 Å². The molecule has 2 nitrogen and oxygen atoms in total. The molecule has 3 N–H and O–H groups in total. The fraction of sp³-hybridized carbons (Fsp3) is 0.667. The second-order valence-corrected chi connectivity index (χ2v) is 0.575. The van der Waals surface area contributed by atoms with Crippen LogP contribution in [0, 0.1) is 0 Å². The SMILES string of the molecule is CCC=O.N. The molecule has 0 radical (unpaired) electrons. The van der Waals surface area contributed by atoms with Gasteiger partial charge in [-0.25, -0.2) is 0 Å². The molecule has 0 atom stereocenters. The van der Waals surface area contributed by atoms with Crippen LogP contribution in [-0.2, 0) is 4.79 Å². The van der Waals surface area contributed by atoms with E-state index in [1.54, 1.807) is 0 Å². The van der Waals surface area contributed by atoms with E-state index in [0.717, 1.165) is 6.29 Å². The van der Waals surface area contributed by atoms with Gasteiger partial charge in [-0.05, 0) is 0 Å². The lowest BCUT2D eigenvalue weighted by Crippen LogP contribution is -1.55. The highest BCUT2D eigenvalue weighted by molar-refractivity contribution is 5.48. The standard InChI is InChI=1S/C3H6O.H3N/c1-2-3-4;/h3H,2H2,1H3;1H3. The Morgan fingerprint density at radius 1 is 1.80 bits per heavy atom. The first-order chi connectivity index (χ1) is 1.91. The summed E-state index contributed by atoms with van der Waals surface area (Å²) in [5.74, 6) is 0. The average Bonchev–Trinajstić information content (AvgIpc) is 1.37. The topological polar surface area (TPSA) is 52.1 Å². The molecule has 0 aliphatic rings. The minimum atomic E-state index is 0. The van der Waals surface area contributed by atoms with Crippen molar-refractivity contribution in [3.05, 3.63) is 0 Å². The summed E-state index contributed by atoms with van der Waals surface area (Å²) in [6.07, 6.45) is 1.51. The molecule has 0 aromatic carbocycles. The van der Waals surface area contributed by atoms with Gasteiger partial charge in [-0.3, -0.25) is 0 Å². The molecule has 0 aromatic rings. The fourth-order valence-corrected chi connectivity index (χ4v) is 0. The van der Waals surface area contributed by atoms with Crippen molar-refractivity contribution in [2.45, 2.75) is 13.3 Å². The Morgan fingerprint density at radius 2 is 2.00 bits per heavy atom. The van der Waals surface area contributed by atoms with Crippen LogP contribution in [0.4, 0.5) is 0 Å². The first-order valence-corrected chi connectivity index (χ1v) is 1.35. The molecule has 0 aromatic heterocycles. The summed E-state index contributed by atoms with van der Waals surface area (Å²) >= 11 is 0. The van der Waals surface area contributed by atoms with Crippen LogP contribution in [0.5, 0.6) is 0 Å². The van der Waals surface area contributed by atoms with E-state index in [2.05, 4.69) is 0 Å². The molecular weight excluding hydrogens is 66.0 g/mol. The van der Waals surface area contributed by atoms with Gasteiger partial charge in [0.1, 0.15) is 6.29 Å². The summed E-state index contributed by atoms with van der Waals surface area (Å²) in [5.41, 5.74) is 0. The van der Waals surface area contributed by atoms with Crippen molar-refractivity contribution in [1.82, 2.24) is 6.15 Å². The van der Waals surface area contributed by atoms with Crippen LogP contribution >= 0.6 is 0 Å². The van der Waals surface area contributed by atoms with E-state index in [4.69, 9.17) is 0 Å². The molecule has 0 saturated heterocycles. The molecule has 32 valence electrons. The molecule has 0 bridgehead atoms.